The Labute approximate surface area is 167 Å². The summed E-state index contributed by atoms with van der Waals surface area (Å²) in [6.45, 7) is 2.30. The molecule has 1 saturated heterocycles. The van der Waals surface area contributed by atoms with Gasteiger partial charge in [0.1, 0.15) is 5.75 Å². The highest BCUT2D eigenvalue weighted by atomic mass is 32.2. The number of aliphatic imine (C=N–C) groups is 1. The van der Waals surface area contributed by atoms with Crippen molar-refractivity contribution in [1.82, 2.24) is 4.90 Å². The van der Waals surface area contributed by atoms with Crippen molar-refractivity contribution in [3.63, 3.8) is 0 Å². The molecule has 1 amide bonds. The van der Waals surface area contributed by atoms with Crippen LogP contribution in [0.5, 0.6) is 5.75 Å². The number of thioether (sulfide) groups is 1. The summed E-state index contributed by atoms with van der Waals surface area (Å²) in [4.78, 5) is 31.0. The molecule has 0 unspecified atom stereocenters. The van der Waals surface area contributed by atoms with Crippen LogP contribution in [0.1, 0.15) is 29.3 Å². The SMILES string of the molecule is CCCOC(=O)c1cccc(N=C2S/C(=C/c3ccc(O)cc3)C(=O)N2C)c1. The van der Waals surface area contributed by atoms with Gasteiger partial charge in [-0.1, -0.05) is 25.1 Å². The Bertz CT molecular complexity index is 951. The van der Waals surface area contributed by atoms with Crippen LogP contribution in [0.4, 0.5) is 5.69 Å². The molecule has 0 spiro atoms. The number of benzene rings is 2. The van der Waals surface area contributed by atoms with E-state index in [1.807, 2.05) is 6.92 Å². The average molecular weight is 396 g/mol. The fraction of sp³-hybridized carbons (Fsp3) is 0.190. The summed E-state index contributed by atoms with van der Waals surface area (Å²) in [6.07, 6.45) is 2.51. The van der Waals surface area contributed by atoms with Gasteiger partial charge in [0.05, 0.1) is 22.8 Å². The van der Waals surface area contributed by atoms with E-state index in [4.69, 9.17) is 4.74 Å². The molecule has 7 heteroatoms. The summed E-state index contributed by atoms with van der Waals surface area (Å²) < 4.78 is 5.15. The number of esters is 1. The Hall–Kier alpha value is -3.06. The molecule has 0 atom stereocenters. The number of carbonyl (C=O) groups excluding carboxylic acids is 2. The van der Waals surface area contributed by atoms with Crippen molar-refractivity contribution in [1.29, 1.82) is 0 Å². The number of amides is 1. The second-order valence-electron chi connectivity index (χ2n) is 6.15. The molecule has 0 aromatic heterocycles. The van der Waals surface area contributed by atoms with Crippen LogP contribution < -0.4 is 0 Å². The van der Waals surface area contributed by atoms with Crippen molar-refractivity contribution in [3.8, 4) is 5.75 Å². The van der Waals surface area contributed by atoms with Crippen LogP contribution in [0.25, 0.3) is 6.08 Å². The predicted molar refractivity (Wildman–Crippen MR) is 111 cm³/mol. The molecule has 1 heterocycles. The lowest BCUT2D eigenvalue weighted by Crippen LogP contribution is -2.23. The Morgan fingerprint density at radius 1 is 1.25 bits per heavy atom. The summed E-state index contributed by atoms with van der Waals surface area (Å²) in [6, 6.07) is 13.4. The highest BCUT2D eigenvalue weighted by molar-refractivity contribution is 8.18. The first-order valence-electron chi connectivity index (χ1n) is 8.80. The van der Waals surface area contributed by atoms with Gasteiger partial charge in [-0.3, -0.25) is 9.69 Å². The van der Waals surface area contributed by atoms with E-state index in [-0.39, 0.29) is 17.6 Å². The second-order valence-corrected chi connectivity index (χ2v) is 7.16. The minimum absolute atomic E-state index is 0.157. The van der Waals surface area contributed by atoms with Gasteiger partial charge in [0.15, 0.2) is 5.17 Å². The summed E-state index contributed by atoms with van der Waals surface area (Å²) >= 11 is 1.26. The van der Waals surface area contributed by atoms with Gasteiger partial charge in [-0.2, -0.15) is 0 Å². The molecule has 6 nitrogen and oxygen atoms in total. The molecule has 0 bridgehead atoms. The number of likely N-dealkylation sites (N-methyl/N-ethyl adjacent to an activating group) is 1. The third-order valence-electron chi connectivity index (χ3n) is 3.94. The predicted octanol–water partition coefficient (Wildman–Crippen LogP) is 4.19. The molecule has 3 rings (SSSR count). The normalized spacial score (nSPS) is 16.8. The number of phenolic OH excluding ortho intramolecular Hbond substituents is 1. The van der Waals surface area contributed by atoms with E-state index < -0.39 is 0 Å². The number of ether oxygens (including phenoxy) is 1. The lowest BCUT2D eigenvalue weighted by atomic mass is 10.2. The fourth-order valence-corrected chi connectivity index (χ4v) is 3.45. The van der Waals surface area contributed by atoms with Crippen molar-refractivity contribution >= 4 is 40.6 Å². The van der Waals surface area contributed by atoms with Crippen LogP contribution in [0.3, 0.4) is 0 Å². The van der Waals surface area contributed by atoms with Crippen LogP contribution >= 0.6 is 11.8 Å². The highest BCUT2D eigenvalue weighted by Crippen LogP contribution is 2.33. The maximum Gasteiger partial charge on any atom is 0.338 e. The zero-order valence-corrected chi connectivity index (χ0v) is 16.4. The van der Waals surface area contributed by atoms with Gasteiger partial charge in [0.25, 0.3) is 5.91 Å². The van der Waals surface area contributed by atoms with Gasteiger partial charge < -0.3 is 9.84 Å². The number of rotatable bonds is 5. The molecule has 0 radical (unpaired) electrons. The topological polar surface area (TPSA) is 79.2 Å². The van der Waals surface area contributed by atoms with Gasteiger partial charge in [0.2, 0.25) is 0 Å². The smallest absolute Gasteiger partial charge is 0.338 e. The van der Waals surface area contributed by atoms with Crippen molar-refractivity contribution in [2.75, 3.05) is 13.7 Å². The number of aromatic hydroxyl groups is 1. The highest BCUT2D eigenvalue weighted by Gasteiger charge is 2.30. The van der Waals surface area contributed by atoms with Gasteiger partial charge in [-0.15, -0.1) is 0 Å². The fourth-order valence-electron chi connectivity index (χ4n) is 2.46. The maximum absolute atomic E-state index is 12.5. The van der Waals surface area contributed by atoms with E-state index in [1.165, 1.54) is 16.7 Å². The summed E-state index contributed by atoms with van der Waals surface area (Å²) in [5, 5.41) is 9.90. The number of phenols is 1. The zero-order valence-electron chi connectivity index (χ0n) is 15.6. The first kappa shape index (κ1) is 19.7. The minimum atomic E-state index is -0.389. The van der Waals surface area contributed by atoms with Crippen molar-refractivity contribution in [2.45, 2.75) is 13.3 Å². The third-order valence-corrected chi connectivity index (χ3v) is 5.00. The molecular weight excluding hydrogens is 376 g/mol. The largest absolute Gasteiger partial charge is 0.508 e. The summed E-state index contributed by atoms with van der Waals surface area (Å²) in [5.41, 5.74) is 1.80. The van der Waals surface area contributed by atoms with Crippen molar-refractivity contribution in [3.05, 3.63) is 64.6 Å². The minimum Gasteiger partial charge on any atom is -0.508 e. The van der Waals surface area contributed by atoms with E-state index >= 15 is 0 Å². The lowest BCUT2D eigenvalue weighted by Gasteiger charge is -2.08. The first-order chi connectivity index (χ1) is 13.5. The molecule has 1 N–H and O–H groups in total. The molecule has 144 valence electrons. The van der Waals surface area contributed by atoms with Crippen LogP contribution in [-0.2, 0) is 9.53 Å². The third kappa shape index (κ3) is 4.61. The zero-order chi connectivity index (χ0) is 20.1. The van der Waals surface area contributed by atoms with Gasteiger partial charge in [-0.25, -0.2) is 9.79 Å². The monoisotopic (exact) mass is 396 g/mol. The number of nitrogens with zero attached hydrogens (tertiary/aromatic N) is 2. The quantitative estimate of drug-likeness (QED) is 0.605. The first-order valence-corrected chi connectivity index (χ1v) is 9.62. The Morgan fingerprint density at radius 3 is 2.71 bits per heavy atom. The standard InChI is InChI=1S/C21H20N2O4S/c1-3-11-27-20(26)15-5-4-6-16(13-15)22-21-23(2)19(25)18(28-21)12-14-7-9-17(24)10-8-14/h4-10,12-13,24H,3,11H2,1-2H3/b18-12+,22-21?. The Balaban J connectivity index is 1.82. The maximum atomic E-state index is 12.5. The molecule has 28 heavy (non-hydrogen) atoms. The van der Waals surface area contributed by atoms with E-state index in [2.05, 4.69) is 4.99 Å². The van der Waals surface area contributed by atoms with Crippen molar-refractivity contribution < 1.29 is 19.4 Å². The van der Waals surface area contributed by atoms with Crippen LogP contribution in [0, 0.1) is 0 Å². The molecular formula is C21H20N2O4S. The van der Waals surface area contributed by atoms with Gasteiger partial charge >= 0.3 is 5.97 Å². The van der Waals surface area contributed by atoms with Crippen LogP contribution in [0.2, 0.25) is 0 Å². The molecule has 2 aromatic carbocycles. The Morgan fingerprint density at radius 2 is 2.00 bits per heavy atom. The molecule has 1 aliphatic rings. The molecule has 2 aromatic rings. The second kappa shape index (κ2) is 8.75. The molecule has 0 saturated carbocycles. The van der Waals surface area contributed by atoms with Crippen LogP contribution in [0.15, 0.2) is 58.4 Å². The summed E-state index contributed by atoms with van der Waals surface area (Å²) in [5.74, 6) is -0.375. The molecule has 1 aliphatic heterocycles. The lowest BCUT2D eigenvalue weighted by molar-refractivity contribution is -0.121. The van der Waals surface area contributed by atoms with E-state index in [0.29, 0.717) is 27.9 Å². The average Bonchev–Trinajstić information content (AvgIpc) is 2.96. The van der Waals surface area contributed by atoms with Gasteiger partial charge in [-0.05, 0) is 60.2 Å². The van der Waals surface area contributed by atoms with Crippen LogP contribution in [-0.4, -0.2) is 40.7 Å². The number of hydrogen-bond donors (Lipinski definition) is 1. The number of amidine groups is 1. The Kier molecular flexibility index (Phi) is 6.16. The van der Waals surface area contributed by atoms with Gasteiger partial charge in [0, 0.05) is 7.05 Å². The number of carbonyl (C=O) groups is 2. The van der Waals surface area contributed by atoms with E-state index in [1.54, 1.807) is 61.7 Å². The number of hydrogen-bond acceptors (Lipinski definition) is 6. The van der Waals surface area contributed by atoms with E-state index in [9.17, 15) is 14.7 Å². The molecule has 0 aliphatic carbocycles. The molecule has 1 fully saturated rings. The summed E-state index contributed by atoms with van der Waals surface area (Å²) in [7, 11) is 1.66. The van der Waals surface area contributed by atoms with Crippen molar-refractivity contribution in [2.24, 2.45) is 4.99 Å². The van der Waals surface area contributed by atoms with E-state index in [0.717, 1.165) is 12.0 Å².